The number of rotatable bonds is 6. The molecule has 0 fully saturated rings. The Bertz CT molecular complexity index is 1360. The van der Waals surface area contributed by atoms with Crippen molar-refractivity contribution in [3.8, 4) is 28.4 Å². The van der Waals surface area contributed by atoms with Crippen molar-refractivity contribution in [3.05, 3.63) is 83.6 Å². The van der Waals surface area contributed by atoms with E-state index in [1.807, 2.05) is 54.9 Å². The van der Waals surface area contributed by atoms with Crippen molar-refractivity contribution in [1.82, 2.24) is 9.55 Å². The summed E-state index contributed by atoms with van der Waals surface area (Å²) in [6.45, 7) is 6.32. The topological polar surface area (TPSA) is 65.4 Å². The van der Waals surface area contributed by atoms with Crippen LogP contribution in [0.15, 0.2) is 72.0 Å². The predicted octanol–water partition coefficient (Wildman–Crippen LogP) is 5.92. The normalized spacial score (nSPS) is 12.1. The van der Waals surface area contributed by atoms with E-state index in [4.69, 9.17) is 14.5 Å². The molecule has 0 unspecified atom stereocenters. The fourth-order valence-electron chi connectivity index (χ4n) is 3.82. The lowest BCUT2D eigenvalue weighted by Gasteiger charge is -2.10. The van der Waals surface area contributed by atoms with Crippen LogP contribution in [0.3, 0.4) is 0 Å². The fraction of sp³-hybridized carbons (Fsp3) is 0.185. The van der Waals surface area contributed by atoms with Gasteiger partial charge in [-0.1, -0.05) is 47.2 Å². The number of hydrogen-bond acceptors (Lipinski definition) is 5. The van der Waals surface area contributed by atoms with Gasteiger partial charge < -0.3 is 14.8 Å². The molecule has 1 aliphatic rings. The van der Waals surface area contributed by atoms with Crippen LogP contribution in [0.4, 0.5) is 5.69 Å². The van der Waals surface area contributed by atoms with Crippen LogP contribution < -0.4 is 14.8 Å². The van der Waals surface area contributed by atoms with Crippen molar-refractivity contribution in [2.45, 2.75) is 25.9 Å². The highest BCUT2D eigenvalue weighted by atomic mass is 32.2. The average molecular weight is 472 g/mol. The van der Waals surface area contributed by atoms with Crippen LogP contribution in [0.5, 0.6) is 11.5 Å². The number of nitrogens with zero attached hydrogens (tertiary/aromatic N) is 2. The Morgan fingerprint density at radius 3 is 2.53 bits per heavy atom. The van der Waals surface area contributed by atoms with Crippen LogP contribution in [-0.2, 0) is 4.79 Å². The molecule has 0 radical (unpaired) electrons. The van der Waals surface area contributed by atoms with E-state index in [0.717, 1.165) is 39.1 Å². The first-order chi connectivity index (χ1) is 16.5. The second-order valence-corrected chi connectivity index (χ2v) is 9.28. The van der Waals surface area contributed by atoms with E-state index in [2.05, 4.69) is 42.6 Å². The number of imidazole rings is 1. The highest BCUT2D eigenvalue weighted by molar-refractivity contribution is 7.99. The Kier molecular flexibility index (Phi) is 6.02. The molecule has 34 heavy (non-hydrogen) atoms. The minimum Gasteiger partial charge on any atom is -0.454 e. The number of amides is 1. The van der Waals surface area contributed by atoms with E-state index in [1.54, 1.807) is 0 Å². The van der Waals surface area contributed by atoms with Crippen molar-refractivity contribution >= 4 is 23.4 Å². The molecule has 1 aliphatic heterocycles. The molecule has 0 spiro atoms. The van der Waals surface area contributed by atoms with Crippen LogP contribution in [0, 0.1) is 20.8 Å². The van der Waals surface area contributed by atoms with Gasteiger partial charge in [0, 0.05) is 23.1 Å². The molecule has 7 heteroatoms. The van der Waals surface area contributed by atoms with Gasteiger partial charge in [0.1, 0.15) is 0 Å². The van der Waals surface area contributed by atoms with Crippen molar-refractivity contribution in [3.63, 3.8) is 0 Å². The molecule has 2 heterocycles. The molecule has 6 nitrogen and oxygen atoms in total. The maximum absolute atomic E-state index is 12.7. The maximum Gasteiger partial charge on any atom is 0.234 e. The van der Waals surface area contributed by atoms with Gasteiger partial charge >= 0.3 is 0 Å². The van der Waals surface area contributed by atoms with Crippen molar-refractivity contribution in [2.24, 2.45) is 0 Å². The van der Waals surface area contributed by atoms with Crippen molar-refractivity contribution in [1.29, 1.82) is 0 Å². The number of aromatic nitrogens is 2. The number of carbonyl (C=O) groups excluding carboxylic acids is 1. The van der Waals surface area contributed by atoms with E-state index in [-0.39, 0.29) is 18.5 Å². The van der Waals surface area contributed by atoms with Gasteiger partial charge in [-0.15, -0.1) is 0 Å². The number of benzene rings is 3. The summed E-state index contributed by atoms with van der Waals surface area (Å²) in [7, 11) is 0. The smallest absolute Gasteiger partial charge is 0.234 e. The summed E-state index contributed by atoms with van der Waals surface area (Å²) in [4.78, 5) is 17.6. The van der Waals surface area contributed by atoms with Gasteiger partial charge in [0.15, 0.2) is 16.7 Å². The zero-order valence-corrected chi connectivity index (χ0v) is 20.1. The van der Waals surface area contributed by atoms with Crippen LogP contribution in [0.2, 0.25) is 0 Å². The third-order valence-electron chi connectivity index (χ3n) is 5.64. The van der Waals surface area contributed by atoms with Crippen LogP contribution in [0.1, 0.15) is 16.7 Å². The van der Waals surface area contributed by atoms with Gasteiger partial charge in [0.05, 0.1) is 11.4 Å². The number of nitrogens with one attached hydrogen (secondary N) is 1. The van der Waals surface area contributed by atoms with Crippen molar-refractivity contribution in [2.75, 3.05) is 17.9 Å². The lowest BCUT2D eigenvalue weighted by Crippen LogP contribution is -2.15. The van der Waals surface area contributed by atoms with E-state index in [1.165, 1.54) is 22.9 Å². The zero-order chi connectivity index (χ0) is 23.7. The molecule has 1 aromatic heterocycles. The van der Waals surface area contributed by atoms with Gasteiger partial charge in [0.2, 0.25) is 12.7 Å². The number of thioether (sulfide) groups is 1. The molecule has 0 saturated heterocycles. The molecule has 172 valence electrons. The third-order valence-corrected chi connectivity index (χ3v) is 6.60. The van der Waals surface area contributed by atoms with Gasteiger partial charge in [0.25, 0.3) is 0 Å². The second-order valence-electron chi connectivity index (χ2n) is 8.34. The molecule has 1 amide bonds. The number of fused-ring (bicyclic) bond motifs is 1. The highest BCUT2D eigenvalue weighted by Gasteiger charge is 2.18. The zero-order valence-electron chi connectivity index (χ0n) is 19.3. The SMILES string of the molecule is Cc1ccc(-n2cc(-c3ccc4c(c3)OCO4)nc2SCC(=O)Nc2ccc(C)cc2C)cc1. The van der Waals surface area contributed by atoms with Gasteiger partial charge in [-0.25, -0.2) is 4.98 Å². The largest absolute Gasteiger partial charge is 0.454 e. The minimum absolute atomic E-state index is 0.0694. The maximum atomic E-state index is 12.7. The Morgan fingerprint density at radius 2 is 1.74 bits per heavy atom. The molecule has 4 aromatic rings. The molecule has 0 saturated carbocycles. The lowest BCUT2D eigenvalue weighted by atomic mass is 10.1. The molecular weight excluding hydrogens is 446 g/mol. The van der Waals surface area contributed by atoms with Crippen LogP contribution in [-0.4, -0.2) is 28.0 Å². The standard InChI is InChI=1S/C27H25N3O3S/c1-17-4-8-21(9-5-17)30-14-23(20-7-11-24-25(13-20)33-16-32-24)29-27(30)34-15-26(31)28-22-10-6-18(2)12-19(22)3/h4-14H,15-16H2,1-3H3,(H,28,31). The number of carbonyl (C=O) groups is 1. The molecule has 0 bridgehead atoms. The van der Waals surface area contributed by atoms with E-state index >= 15 is 0 Å². The minimum atomic E-state index is -0.0694. The predicted molar refractivity (Wildman–Crippen MR) is 135 cm³/mol. The summed E-state index contributed by atoms with van der Waals surface area (Å²) in [5.41, 5.74) is 6.95. The van der Waals surface area contributed by atoms with Crippen LogP contribution in [0.25, 0.3) is 16.9 Å². The molecular formula is C27H25N3O3S. The molecule has 5 rings (SSSR count). The number of hydrogen-bond donors (Lipinski definition) is 1. The Hall–Kier alpha value is -3.71. The average Bonchev–Trinajstić information content (AvgIpc) is 3.47. The summed E-state index contributed by atoms with van der Waals surface area (Å²) >= 11 is 1.41. The van der Waals surface area contributed by atoms with Gasteiger partial charge in [-0.2, -0.15) is 0 Å². The van der Waals surface area contributed by atoms with E-state index < -0.39 is 0 Å². The molecule has 3 aromatic carbocycles. The first kappa shape index (κ1) is 22.1. The lowest BCUT2D eigenvalue weighted by molar-refractivity contribution is -0.113. The summed E-state index contributed by atoms with van der Waals surface area (Å²) in [6.07, 6.45) is 1.99. The highest BCUT2D eigenvalue weighted by Crippen LogP contribution is 2.36. The first-order valence-electron chi connectivity index (χ1n) is 11.0. The number of ether oxygens (including phenoxy) is 2. The first-order valence-corrected chi connectivity index (χ1v) is 12.0. The Balaban J connectivity index is 1.40. The van der Waals surface area contributed by atoms with E-state index in [9.17, 15) is 4.79 Å². The number of aryl methyl sites for hydroxylation is 3. The summed E-state index contributed by atoms with van der Waals surface area (Å²) in [6, 6.07) is 20.0. The van der Waals surface area contributed by atoms with Gasteiger partial charge in [-0.3, -0.25) is 9.36 Å². The van der Waals surface area contributed by atoms with E-state index in [0.29, 0.717) is 5.75 Å². The molecule has 1 N–H and O–H groups in total. The van der Waals surface area contributed by atoms with Crippen molar-refractivity contribution < 1.29 is 14.3 Å². The third kappa shape index (κ3) is 4.65. The Morgan fingerprint density at radius 1 is 0.971 bits per heavy atom. The fourth-order valence-corrected chi connectivity index (χ4v) is 4.61. The van der Waals surface area contributed by atoms with Crippen LogP contribution >= 0.6 is 11.8 Å². The second kappa shape index (κ2) is 9.27. The molecule has 0 aliphatic carbocycles. The van der Waals surface area contributed by atoms with Gasteiger partial charge in [-0.05, 0) is 62.7 Å². The summed E-state index contributed by atoms with van der Waals surface area (Å²) < 4.78 is 13.0. The molecule has 0 atom stereocenters. The quantitative estimate of drug-likeness (QED) is 0.354. The monoisotopic (exact) mass is 471 g/mol. The summed E-state index contributed by atoms with van der Waals surface area (Å²) in [5, 5.41) is 3.76. The Labute approximate surface area is 202 Å². The number of anilines is 1. The summed E-state index contributed by atoms with van der Waals surface area (Å²) in [5.74, 6) is 1.63.